The van der Waals surface area contributed by atoms with Crippen molar-refractivity contribution in [1.82, 2.24) is 0 Å². The van der Waals surface area contributed by atoms with Crippen LogP contribution in [0, 0.1) is 0 Å². The van der Waals surface area contributed by atoms with Crippen molar-refractivity contribution in [2.24, 2.45) is 5.14 Å². The van der Waals surface area contributed by atoms with E-state index >= 15 is 0 Å². The maximum absolute atomic E-state index is 8.78. The number of ether oxygens (including phenoxy) is 2. The Morgan fingerprint density at radius 3 is 2.58 bits per heavy atom. The van der Waals surface area contributed by atoms with Crippen LogP contribution in [0.1, 0.15) is 0 Å². The molecular weight excluding hydrogens is 310 g/mol. The fourth-order valence-corrected chi connectivity index (χ4v) is 2.12. The molecule has 1 aromatic rings. The van der Waals surface area contributed by atoms with E-state index in [2.05, 4.69) is 5.14 Å². The second kappa shape index (κ2) is 12.9. The van der Waals surface area contributed by atoms with E-state index in [9.17, 15) is 0 Å². The lowest BCUT2D eigenvalue weighted by atomic mass is 10.4. The molecule has 0 heterocycles. The van der Waals surface area contributed by atoms with Crippen LogP contribution in [0.3, 0.4) is 0 Å². The number of benzene rings is 1. The molecule has 2 N–H and O–H groups in total. The van der Waals surface area contributed by atoms with Crippen LogP contribution in [0.4, 0.5) is 0 Å². The van der Waals surface area contributed by atoms with Gasteiger partial charge in [0.2, 0.25) is 0 Å². The van der Waals surface area contributed by atoms with Gasteiger partial charge in [0, 0.05) is 29.0 Å². The molecule has 1 unspecified atom stereocenters. The van der Waals surface area contributed by atoms with Crippen LogP contribution in [0.5, 0.6) is 0 Å². The first kappa shape index (κ1) is 18.9. The summed E-state index contributed by atoms with van der Waals surface area (Å²) in [5, 5.41) is 4.83. The molecule has 8 heteroatoms. The van der Waals surface area contributed by atoms with Gasteiger partial charge in [-0.2, -0.15) is 0 Å². The van der Waals surface area contributed by atoms with Gasteiger partial charge in [0.05, 0.1) is 24.8 Å². The highest BCUT2D eigenvalue weighted by molar-refractivity contribution is 7.99. The monoisotopic (exact) mass is 326 g/mol. The molecule has 1 atom stereocenters. The summed E-state index contributed by atoms with van der Waals surface area (Å²) in [6, 6.07) is 7.83. The number of rotatable bonds is 7. The average Bonchev–Trinajstić information content (AvgIpc) is 2.35. The van der Waals surface area contributed by atoms with E-state index in [1.807, 2.05) is 24.3 Å². The van der Waals surface area contributed by atoms with Crippen molar-refractivity contribution in [3.05, 3.63) is 29.3 Å². The quantitative estimate of drug-likeness (QED) is 0.469. The molecule has 0 bridgehead atoms. The third kappa shape index (κ3) is 12.6. The van der Waals surface area contributed by atoms with Crippen molar-refractivity contribution >= 4 is 34.6 Å². The van der Waals surface area contributed by atoms with Gasteiger partial charge in [-0.3, -0.25) is 9.35 Å². The van der Waals surface area contributed by atoms with Gasteiger partial charge >= 0.3 is 0 Å². The normalized spacial score (nSPS) is 11.6. The third-order valence-corrected chi connectivity index (χ3v) is 3.23. The largest absolute Gasteiger partial charge is 0.760 e. The first-order chi connectivity index (χ1) is 9.07. The highest BCUT2D eigenvalue weighted by Crippen LogP contribution is 2.26. The molecule has 0 saturated heterocycles. The van der Waals surface area contributed by atoms with Crippen molar-refractivity contribution in [2.75, 3.05) is 32.7 Å². The summed E-state index contributed by atoms with van der Waals surface area (Å²) in [7, 11) is 1.67. The van der Waals surface area contributed by atoms with Crippen molar-refractivity contribution < 1.29 is 18.2 Å². The highest BCUT2D eigenvalue weighted by Gasteiger charge is 1.98. The molecule has 19 heavy (non-hydrogen) atoms. The summed E-state index contributed by atoms with van der Waals surface area (Å²) in [6.45, 7) is 2.02. The number of hydrogen-bond donors (Lipinski definition) is 1. The Balaban J connectivity index is 0.000000711. The molecular formula is C11H17ClNO4S2-. The number of halogens is 1. The minimum Gasteiger partial charge on any atom is -0.760 e. The van der Waals surface area contributed by atoms with Gasteiger partial charge in [0.25, 0.3) is 0 Å². The van der Waals surface area contributed by atoms with Gasteiger partial charge in [-0.05, 0) is 12.1 Å². The lowest BCUT2D eigenvalue weighted by molar-refractivity contribution is 0.0790. The molecule has 110 valence electrons. The lowest BCUT2D eigenvalue weighted by Gasteiger charge is -2.04. The molecule has 0 aliphatic heterocycles. The summed E-state index contributed by atoms with van der Waals surface area (Å²) in [5.74, 6) is 0.910. The summed E-state index contributed by atoms with van der Waals surface area (Å²) in [5.41, 5.74) is 0. The van der Waals surface area contributed by atoms with Crippen molar-refractivity contribution in [1.29, 1.82) is 0 Å². The van der Waals surface area contributed by atoms with Crippen molar-refractivity contribution in [3.63, 3.8) is 0 Å². The van der Waals surface area contributed by atoms with Crippen LogP contribution in [-0.4, -0.2) is 41.4 Å². The Morgan fingerprint density at radius 1 is 1.37 bits per heavy atom. The van der Waals surface area contributed by atoms with E-state index in [0.717, 1.165) is 22.3 Å². The van der Waals surface area contributed by atoms with Crippen LogP contribution < -0.4 is 5.14 Å². The van der Waals surface area contributed by atoms with Crippen LogP contribution in [-0.2, 0) is 20.7 Å². The Morgan fingerprint density at radius 2 is 2.00 bits per heavy atom. The van der Waals surface area contributed by atoms with Crippen LogP contribution in [0.25, 0.3) is 0 Å². The molecule has 0 aliphatic carbocycles. The molecule has 0 aromatic heterocycles. The highest BCUT2D eigenvalue weighted by atomic mass is 35.5. The van der Waals surface area contributed by atoms with E-state index in [0.29, 0.717) is 13.2 Å². The van der Waals surface area contributed by atoms with E-state index in [4.69, 9.17) is 29.8 Å². The van der Waals surface area contributed by atoms with E-state index < -0.39 is 11.3 Å². The van der Waals surface area contributed by atoms with Gasteiger partial charge in [0.15, 0.2) is 0 Å². The Hall–Kier alpha value is -0.150. The van der Waals surface area contributed by atoms with Crippen LogP contribution >= 0.6 is 23.4 Å². The summed E-state index contributed by atoms with van der Waals surface area (Å²) in [4.78, 5) is 1.11. The number of hydrogen-bond acceptors (Lipinski definition) is 5. The zero-order chi connectivity index (χ0) is 14.5. The van der Waals surface area contributed by atoms with E-state index in [-0.39, 0.29) is 0 Å². The lowest BCUT2D eigenvalue weighted by Crippen LogP contribution is -2.04. The van der Waals surface area contributed by atoms with Gasteiger partial charge in [0.1, 0.15) is 0 Å². The summed E-state index contributed by atoms with van der Waals surface area (Å²) in [6.07, 6.45) is 0. The molecule has 5 nitrogen and oxygen atoms in total. The maximum atomic E-state index is 8.78. The number of thioether (sulfide) groups is 1. The Bertz CT molecular complexity index is 364. The van der Waals surface area contributed by atoms with Crippen LogP contribution in [0.15, 0.2) is 29.2 Å². The van der Waals surface area contributed by atoms with Crippen molar-refractivity contribution in [3.8, 4) is 0 Å². The van der Waals surface area contributed by atoms with Gasteiger partial charge < -0.3 is 14.0 Å². The summed E-state index contributed by atoms with van der Waals surface area (Å²) >= 11 is 5.35. The van der Waals surface area contributed by atoms with E-state index in [1.54, 1.807) is 18.9 Å². The smallest absolute Gasteiger partial charge is 0.0700 e. The second-order valence-corrected chi connectivity index (χ2v) is 5.21. The van der Waals surface area contributed by atoms with Gasteiger partial charge in [-0.15, -0.1) is 11.8 Å². The molecule has 0 radical (unpaired) electrons. The Labute approximate surface area is 125 Å². The number of methoxy groups -OCH3 is 1. The SMILES string of the molecule is COCCOCCSc1ccccc1Cl.NS(=O)[O-]. The predicted molar refractivity (Wildman–Crippen MR) is 78.0 cm³/mol. The maximum Gasteiger partial charge on any atom is 0.0700 e. The topological polar surface area (TPSA) is 84.6 Å². The fraction of sp³-hybridized carbons (Fsp3) is 0.455. The first-order valence-corrected chi connectivity index (χ1v) is 7.85. The van der Waals surface area contributed by atoms with Gasteiger partial charge in [-0.25, -0.2) is 0 Å². The minimum absolute atomic E-state index is 0.650. The molecule has 1 aromatic carbocycles. The van der Waals surface area contributed by atoms with Gasteiger partial charge in [-0.1, -0.05) is 23.7 Å². The first-order valence-electron chi connectivity index (χ1n) is 5.35. The third-order valence-electron chi connectivity index (χ3n) is 1.75. The number of nitrogens with two attached hydrogens (primary N) is 1. The summed E-state index contributed by atoms with van der Waals surface area (Å²) < 4.78 is 27.8. The standard InChI is InChI=1S/C11H15ClO2S.H3NO2S/c1-13-6-7-14-8-9-15-11-5-3-2-4-10(11)12;1-4(2)3/h2-5H,6-9H2,1H3;1H2,(H,2,3)/p-1. The molecule has 0 fully saturated rings. The second-order valence-electron chi connectivity index (χ2n) is 3.14. The molecule has 0 spiro atoms. The molecule has 1 rings (SSSR count). The fourth-order valence-electron chi connectivity index (χ4n) is 1.02. The zero-order valence-corrected chi connectivity index (χ0v) is 12.9. The molecule has 0 amide bonds. The minimum atomic E-state index is -2.36. The van der Waals surface area contributed by atoms with E-state index in [1.165, 1.54) is 0 Å². The van der Waals surface area contributed by atoms with Crippen molar-refractivity contribution in [2.45, 2.75) is 4.90 Å². The predicted octanol–water partition coefficient (Wildman–Crippen LogP) is 1.83. The Kier molecular flexibility index (Phi) is 12.8. The zero-order valence-electron chi connectivity index (χ0n) is 10.5. The molecule has 0 aliphatic rings. The van der Waals surface area contributed by atoms with Crippen LogP contribution in [0.2, 0.25) is 5.02 Å². The molecule has 0 saturated carbocycles. The average molecular weight is 327 g/mol.